The predicted molar refractivity (Wildman–Crippen MR) is 74.8 cm³/mol. The van der Waals surface area contributed by atoms with E-state index in [4.69, 9.17) is 0 Å². The van der Waals surface area contributed by atoms with Gasteiger partial charge in [0.05, 0.1) is 5.60 Å². The van der Waals surface area contributed by atoms with Gasteiger partial charge in [-0.3, -0.25) is 9.59 Å². The van der Waals surface area contributed by atoms with Crippen molar-refractivity contribution in [2.75, 3.05) is 6.54 Å². The zero-order valence-electron chi connectivity index (χ0n) is 10.6. The van der Waals surface area contributed by atoms with Gasteiger partial charge in [-0.05, 0) is 34.8 Å². The summed E-state index contributed by atoms with van der Waals surface area (Å²) in [5, 5.41) is 12.8. The van der Waals surface area contributed by atoms with Crippen LogP contribution in [-0.4, -0.2) is 27.7 Å². The minimum atomic E-state index is -0.766. The lowest BCUT2D eigenvalue weighted by Crippen LogP contribution is -2.42. The van der Waals surface area contributed by atoms with Crippen LogP contribution in [0.5, 0.6) is 0 Å². The Balaban J connectivity index is 1.90. The maximum Gasteiger partial charge on any atom is 0.251 e. The van der Waals surface area contributed by atoms with Crippen LogP contribution in [0.4, 0.5) is 0 Å². The van der Waals surface area contributed by atoms with E-state index >= 15 is 0 Å². The molecule has 0 unspecified atom stereocenters. The molecular weight excluding hydrogens is 312 g/mol. The molecule has 0 aromatic carbocycles. The average molecular weight is 329 g/mol. The molecule has 0 aliphatic heterocycles. The maximum atomic E-state index is 11.8. The summed E-state index contributed by atoms with van der Waals surface area (Å²) >= 11 is 3.26. The number of halogens is 1. The number of aliphatic hydroxyl groups is 1. The van der Waals surface area contributed by atoms with Gasteiger partial charge in [0.25, 0.3) is 5.56 Å². The van der Waals surface area contributed by atoms with Crippen molar-refractivity contribution in [2.45, 2.75) is 37.8 Å². The Morgan fingerprint density at radius 1 is 1.42 bits per heavy atom. The first-order valence-electron chi connectivity index (χ1n) is 6.34. The van der Waals surface area contributed by atoms with Gasteiger partial charge in [-0.2, -0.15) is 0 Å². The van der Waals surface area contributed by atoms with Gasteiger partial charge in [-0.1, -0.05) is 12.8 Å². The fourth-order valence-electron chi connectivity index (χ4n) is 2.31. The molecule has 104 valence electrons. The molecule has 1 amide bonds. The standard InChI is InChI=1S/C13H17BrN2O3/c14-10-3-4-12(18)16(7-10)8-11(17)15-9-13(19)5-1-2-6-13/h3-4,7,19H,1-2,5-6,8-9H2,(H,15,17). The number of rotatable bonds is 4. The van der Waals surface area contributed by atoms with Gasteiger partial charge in [0, 0.05) is 23.3 Å². The Morgan fingerprint density at radius 2 is 2.11 bits per heavy atom. The van der Waals surface area contributed by atoms with E-state index < -0.39 is 5.60 Å². The monoisotopic (exact) mass is 328 g/mol. The van der Waals surface area contributed by atoms with Crippen molar-refractivity contribution in [3.05, 3.63) is 33.2 Å². The molecule has 0 saturated heterocycles. The fourth-order valence-corrected chi connectivity index (χ4v) is 2.69. The number of amides is 1. The Hall–Kier alpha value is -1.14. The molecule has 1 aromatic heterocycles. The number of aromatic nitrogens is 1. The predicted octanol–water partition coefficient (Wildman–Crippen LogP) is 1.03. The first-order chi connectivity index (χ1) is 8.98. The van der Waals surface area contributed by atoms with Crippen LogP contribution >= 0.6 is 15.9 Å². The number of carbonyl (C=O) groups excluding carboxylic acids is 1. The summed E-state index contributed by atoms with van der Waals surface area (Å²) in [5.74, 6) is -0.263. The first-order valence-corrected chi connectivity index (χ1v) is 7.13. The number of hydrogen-bond acceptors (Lipinski definition) is 3. The van der Waals surface area contributed by atoms with E-state index in [0.717, 1.165) is 30.2 Å². The van der Waals surface area contributed by atoms with Gasteiger partial charge < -0.3 is 15.0 Å². The molecule has 1 aliphatic carbocycles. The third kappa shape index (κ3) is 3.91. The molecule has 0 radical (unpaired) electrons. The minimum absolute atomic E-state index is 0.0334. The van der Waals surface area contributed by atoms with Gasteiger partial charge in [0.2, 0.25) is 5.91 Å². The van der Waals surface area contributed by atoms with Gasteiger partial charge in [0.1, 0.15) is 6.54 Å². The molecule has 0 atom stereocenters. The lowest BCUT2D eigenvalue weighted by molar-refractivity contribution is -0.122. The van der Waals surface area contributed by atoms with Crippen molar-refractivity contribution in [2.24, 2.45) is 0 Å². The van der Waals surface area contributed by atoms with Gasteiger partial charge in [0.15, 0.2) is 0 Å². The summed E-state index contributed by atoms with van der Waals surface area (Å²) in [6.45, 7) is 0.225. The number of nitrogens with one attached hydrogen (secondary N) is 1. The van der Waals surface area contributed by atoms with E-state index in [1.807, 2.05) is 0 Å². The summed E-state index contributed by atoms with van der Waals surface area (Å²) in [4.78, 5) is 23.3. The number of pyridine rings is 1. The van der Waals surface area contributed by atoms with Gasteiger partial charge in [-0.25, -0.2) is 0 Å². The van der Waals surface area contributed by atoms with Crippen LogP contribution in [0.1, 0.15) is 25.7 Å². The van der Waals surface area contributed by atoms with Crippen molar-refractivity contribution in [1.82, 2.24) is 9.88 Å². The van der Waals surface area contributed by atoms with Crippen molar-refractivity contribution >= 4 is 21.8 Å². The third-order valence-corrected chi connectivity index (χ3v) is 3.88. The molecule has 1 fully saturated rings. The molecule has 0 spiro atoms. The molecule has 1 aromatic rings. The molecule has 2 rings (SSSR count). The Kier molecular flexibility index (Phi) is 4.42. The van der Waals surface area contributed by atoms with Crippen LogP contribution in [0.2, 0.25) is 0 Å². The van der Waals surface area contributed by atoms with E-state index in [2.05, 4.69) is 21.2 Å². The van der Waals surface area contributed by atoms with Crippen LogP contribution in [0.25, 0.3) is 0 Å². The van der Waals surface area contributed by atoms with Crippen molar-refractivity contribution in [3.8, 4) is 0 Å². The molecule has 5 nitrogen and oxygen atoms in total. The Labute approximate surface area is 119 Å². The number of hydrogen-bond donors (Lipinski definition) is 2. The largest absolute Gasteiger partial charge is 0.388 e. The van der Waals surface area contributed by atoms with E-state index in [1.54, 1.807) is 12.3 Å². The van der Waals surface area contributed by atoms with Crippen molar-refractivity contribution in [3.63, 3.8) is 0 Å². The first kappa shape index (κ1) is 14.3. The smallest absolute Gasteiger partial charge is 0.251 e. The van der Waals surface area contributed by atoms with E-state index in [0.29, 0.717) is 0 Å². The van der Waals surface area contributed by atoms with Crippen LogP contribution < -0.4 is 10.9 Å². The van der Waals surface area contributed by atoms with E-state index in [1.165, 1.54) is 10.6 Å². The maximum absolute atomic E-state index is 11.8. The third-order valence-electron chi connectivity index (χ3n) is 3.41. The molecule has 2 N–H and O–H groups in total. The van der Waals surface area contributed by atoms with Crippen LogP contribution in [-0.2, 0) is 11.3 Å². The minimum Gasteiger partial charge on any atom is -0.388 e. The quantitative estimate of drug-likeness (QED) is 0.867. The van der Waals surface area contributed by atoms with Gasteiger partial charge in [-0.15, -0.1) is 0 Å². The normalized spacial score (nSPS) is 17.4. The van der Waals surface area contributed by atoms with Crippen LogP contribution in [0, 0.1) is 0 Å². The second-order valence-corrected chi connectivity index (χ2v) is 5.94. The second-order valence-electron chi connectivity index (χ2n) is 5.02. The molecule has 6 heteroatoms. The summed E-state index contributed by atoms with van der Waals surface area (Å²) in [5.41, 5.74) is -0.990. The fraction of sp³-hybridized carbons (Fsp3) is 0.538. The zero-order chi connectivity index (χ0) is 13.9. The zero-order valence-corrected chi connectivity index (χ0v) is 12.1. The molecule has 1 saturated carbocycles. The summed E-state index contributed by atoms with van der Waals surface area (Å²) in [6, 6.07) is 3.04. The highest BCUT2D eigenvalue weighted by Gasteiger charge is 2.31. The summed E-state index contributed by atoms with van der Waals surface area (Å²) in [6.07, 6.45) is 5.02. The van der Waals surface area contributed by atoms with Crippen molar-refractivity contribution in [1.29, 1.82) is 0 Å². The average Bonchev–Trinajstić information content (AvgIpc) is 2.79. The van der Waals surface area contributed by atoms with Crippen molar-refractivity contribution < 1.29 is 9.90 Å². The topological polar surface area (TPSA) is 71.3 Å². The highest BCUT2D eigenvalue weighted by molar-refractivity contribution is 9.10. The van der Waals surface area contributed by atoms with Crippen LogP contribution in [0.15, 0.2) is 27.6 Å². The molecule has 1 heterocycles. The Bertz CT molecular complexity index is 521. The number of carbonyl (C=O) groups is 1. The molecule has 19 heavy (non-hydrogen) atoms. The molecule has 1 aliphatic rings. The lowest BCUT2D eigenvalue weighted by atomic mass is 10.0. The van der Waals surface area contributed by atoms with Crippen LogP contribution in [0.3, 0.4) is 0 Å². The van der Waals surface area contributed by atoms with Gasteiger partial charge >= 0.3 is 0 Å². The molecule has 0 bridgehead atoms. The lowest BCUT2D eigenvalue weighted by Gasteiger charge is -2.22. The SMILES string of the molecule is O=C(Cn1cc(Br)ccc1=O)NCC1(O)CCCC1. The summed E-state index contributed by atoms with van der Waals surface area (Å²) in [7, 11) is 0. The van der Waals surface area contributed by atoms with E-state index in [-0.39, 0.29) is 24.6 Å². The summed E-state index contributed by atoms with van der Waals surface area (Å²) < 4.78 is 2.08. The highest BCUT2D eigenvalue weighted by Crippen LogP contribution is 2.28. The number of nitrogens with zero attached hydrogens (tertiary/aromatic N) is 1. The molecular formula is C13H17BrN2O3. The highest BCUT2D eigenvalue weighted by atomic mass is 79.9. The Morgan fingerprint density at radius 3 is 2.79 bits per heavy atom. The van der Waals surface area contributed by atoms with E-state index in [9.17, 15) is 14.7 Å². The second kappa shape index (κ2) is 5.88.